The van der Waals surface area contributed by atoms with Crippen LogP contribution < -0.4 is 5.32 Å². The molecule has 0 amide bonds. The first kappa shape index (κ1) is 12.2. The molecule has 1 aromatic carbocycles. The van der Waals surface area contributed by atoms with Gasteiger partial charge in [-0.25, -0.2) is 9.78 Å². The van der Waals surface area contributed by atoms with Crippen LogP contribution in [0.2, 0.25) is 0 Å². The van der Waals surface area contributed by atoms with Gasteiger partial charge in [0.15, 0.2) is 0 Å². The number of carbonyl (C=O) groups is 1. The molecular formula is C12H11BrN4O2. The van der Waals surface area contributed by atoms with Crippen molar-refractivity contribution >= 4 is 38.7 Å². The minimum absolute atomic E-state index is 0.236. The predicted octanol–water partition coefficient (Wildman–Crippen LogP) is 2.00. The van der Waals surface area contributed by atoms with Gasteiger partial charge in [0.2, 0.25) is 5.78 Å². The molecule has 0 unspecified atom stereocenters. The largest absolute Gasteiger partial charge is 0.478 e. The number of H-pyrrole nitrogens is 1. The second kappa shape index (κ2) is 4.36. The van der Waals surface area contributed by atoms with Gasteiger partial charge >= 0.3 is 5.97 Å². The minimum Gasteiger partial charge on any atom is -0.478 e. The molecule has 0 spiro atoms. The molecule has 0 aliphatic rings. The summed E-state index contributed by atoms with van der Waals surface area (Å²) in [6, 6.07) is 4.92. The van der Waals surface area contributed by atoms with E-state index in [1.165, 1.54) is 0 Å². The second-order valence-electron chi connectivity index (χ2n) is 4.20. The van der Waals surface area contributed by atoms with Gasteiger partial charge < -0.3 is 15.4 Å². The number of hydrogen-bond acceptors (Lipinski definition) is 3. The molecule has 98 valence electrons. The van der Waals surface area contributed by atoms with Crippen LogP contribution in [-0.4, -0.2) is 32.5 Å². The predicted molar refractivity (Wildman–Crippen MR) is 74.5 cm³/mol. The molecule has 0 radical (unpaired) electrons. The van der Waals surface area contributed by atoms with Crippen LogP contribution in [0.3, 0.4) is 0 Å². The summed E-state index contributed by atoms with van der Waals surface area (Å²) in [5.41, 5.74) is 2.75. The van der Waals surface area contributed by atoms with Crippen LogP contribution in [-0.2, 0) is 6.54 Å². The monoisotopic (exact) mass is 322 g/mol. The topological polar surface area (TPSA) is 82.4 Å². The van der Waals surface area contributed by atoms with E-state index < -0.39 is 5.97 Å². The molecule has 0 aliphatic heterocycles. The number of halogens is 1. The maximum absolute atomic E-state index is 10.9. The lowest BCUT2D eigenvalue weighted by Gasteiger charge is -1.98. The molecule has 2 heterocycles. The van der Waals surface area contributed by atoms with E-state index >= 15 is 0 Å². The van der Waals surface area contributed by atoms with Gasteiger partial charge in [-0.1, -0.05) is 0 Å². The van der Waals surface area contributed by atoms with Gasteiger partial charge in [0, 0.05) is 6.54 Å². The van der Waals surface area contributed by atoms with Crippen LogP contribution in [0.1, 0.15) is 16.1 Å². The number of imidazole rings is 2. The first-order chi connectivity index (χ1) is 9.11. The van der Waals surface area contributed by atoms with Crippen molar-refractivity contribution in [3.05, 3.63) is 34.1 Å². The fraction of sp³-hybridized carbons (Fsp3) is 0.167. The highest BCUT2D eigenvalue weighted by atomic mass is 79.9. The number of rotatable bonds is 3. The number of hydrogen-bond donors (Lipinski definition) is 3. The number of benzene rings is 1. The summed E-state index contributed by atoms with van der Waals surface area (Å²) in [5, 5.41) is 12.0. The molecular weight excluding hydrogens is 312 g/mol. The molecule has 7 heteroatoms. The number of aromatic carboxylic acids is 1. The zero-order valence-electron chi connectivity index (χ0n) is 10.1. The summed E-state index contributed by atoms with van der Waals surface area (Å²) in [4.78, 5) is 18.6. The Morgan fingerprint density at radius 3 is 3.05 bits per heavy atom. The van der Waals surface area contributed by atoms with Crippen molar-refractivity contribution < 1.29 is 9.90 Å². The molecule has 6 nitrogen and oxygen atoms in total. The second-order valence-corrected chi connectivity index (χ2v) is 4.96. The van der Waals surface area contributed by atoms with Crippen molar-refractivity contribution in [1.82, 2.24) is 19.7 Å². The molecule has 19 heavy (non-hydrogen) atoms. The lowest BCUT2D eigenvalue weighted by atomic mass is 10.2. The minimum atomic E-state index is -0.950. The Bertz CT molecular complexity index is 790. The van der Waals surface area contributed by atoms with Crippen molar-refractivity contribution in [3.63, 3.8) is 0 Å². The average molecular weight is 323 g/mol. The van der Waals surface area contributed by atoms with Crippen molar-refractivity contribution in [1.29, 1.82) is 0 Å². The summed E-state index contributed by atoms with van der Waals surface area (Å²) in [6.45, 7) is 0.693. The van der Waals surface area contributed by atoms with Crippen molar-refractivity contribution in [3.8, 4) is 0 Å². The van der Waals surface area contributed by atoms with E-state index in [4.69, 9.17) is 5.11 Å². The lowest BCUT2D eigenvalue weighted by Crippen LogP contribution is -2.06. The fourth-order valence-electron chi connectivity index (χ4n) is 2.11. The first-order valence-electron chi connectivity index (χ1n) is 5.68. The third-order valence-electron chi connectivity index (χ3n) is 2.96. The van der Waals surface area contributed by atoms with Crippen LogP contribution in [0.15, 0.2) is 22.8 Å². The van der Waals surface area contributed by atoms with Crippen LogP contribution >= 0.6 is 15.9 Å². The Kier molecular flexibility index (Phi) is 2.79. The van der Waals surface area contributed by atoms with Gasteiger partial charge in [0.25, 0.3) is 0 Å². The zero-order valence-corrected chi connectivity index (χ0v) is 11.7. The van der Waals surface area contributed by atoms with E-state index in [9.17, 15) is 4.79 Å². The first-order valence-corrected chi connectivity index (χ1v) is 6.47. The zero-order chi connectivity index (χ0) is 13.6. The summed E-state index contributed by atoms with van der Waals surface area (Å²) in [7, 11) is 1.87. The van der Waals surface area contributed by atoms with E-state index in [0.717, 1.165) is 15.8 Å². The molecule has 3 N–H and O–H groups in total. The van der Waals surface area contributed by atoms with Gasteiger partial charge in [0.05, 0.1) is 22.3 Å². The number of fused-ring (bicyclic) bond motifs is 3. The summed E-state index contributed by atoms with van der Waals surface area (Å²) >= 11 is 3.54. The van der Waals surface area contributed by atoms with Crippen LogP contribution in [0.4, 0.5) is 0 Å². The molecule has 0 aliphatic carbocycles. The maximum Gasteiger partial charge on any atom is 0.335 e. The lowest BCUT2D eigenvalue weighted by molar-refractivity contribution is 0.0697. The summed E-state index contributed by atoms with van der Waals surface area (Å²) in [5.74, 6) is -0.261. The molecule has 2 aromatic heterocycles. The Morgan fingerprint density at radius 1 is 1.58 bits per heavy atom. The van der Waals surface area contributed by atoms with E-state index in [1.807, 2.05) is 11.4 Å². The highest BCUT2D eigenvalue weighted by Crippen LogP contribution is 2.25. The maximum atomic E-state index is 10.9. The molecule has 0 bridgehead atoms. The third kappa shape index (κ3) is 1.82. The molecule has 3 aromatic rings. The highest BCUT2D eigenvalue weighted by molar-refractivity contribution is 9.10. The average Bonchev–Trinajstić information content (AvgIpc) is 2.87. The summed E-state index contributed by atoms with van der Waals surface area (Å²) in [6.07, 6.45) is 0. The number of nitrogens with one attached hydrogen (secondary N) is 2. The smallest absolute Gasteiger partial charge is 0.335 e. The number of nitrogens with zero attached hydrogens (tertiary/aromatic N) is 2. The Hall–Kier alpha value is -1.86. The number of carboxylic acid groups (broad SMARTS) is 1. The van der Waals surface area contributed by atoms with Crippen LogP contribution in [0.5, 0.6) is 0 Å². The molecule has 3 rings (SSSR count). The van der Waals surface area contributed by atoms with E-state index in [2.05, 4.69) is 31.2 Å². The van der Waals surface area contributed by atoms with Gasteiger partial charge in [0.1, 0.15) is 4.60 Å². The van der Waals surface area contributed by atoms with Crippen LogP contribution in [0.25, 0.3) is 16.8 Å². The molecule has 0 fully saturated rings. The quantitative estimate of drug-likeness (QED) is 0.688. The van der Waals surface area contributed by atoms with E-state index in [1.54, 1.807) is 18.2 Å². The SMILES string of the molecule is CNCc1[nH]c2nc3cc(C(=O)O)ccc3n2c1Br. The Labute approximate surface area is 116 Å². The fourth-order valence-corrected chi connectivity index (χ4v) is 2.71. The van der Waals surface area contributed by atoms with Gasteiger partial charge in [-0.3, -0.25) is 4.40 Å². The standard InChI is InChI=1S/C12H11BrN4O2/c1-14-5-8-10(13)17-9-3-2-6(11(18)19)4-7(9)15-12(17)16-8/h2-4,14H,5H2,1H3,(H,15,16)(H,18,19). The van der Waals surface area contributed by atoms with E-state index in [-0.39, 0.29) is 5.56 Å². The van der Waals surface area contributed by atoms with E-state index in [0.29, 0.717) is 17.8 Å². The Balaban J connectivity index is 2.27. The van der Waals surface area contributed by atoms with Crippen LogP contribution in [0, 0.1) is 0 Å². The molecule has 0 saturated carbocycles. The number of aromatic amines is 1. The van der Waals surface area contributed by atoms with Crippen molar-refractivity contribution in [2.24, 2.45) is 0 Å². The van der Waals surface area contributed by atoms with Gasteiger partial charge in [-0.2, -0.15) is 0 Å². The molecule has 0 atom stereocenters. The van der Waals surface area contributed by atoms with Crippen molar-refractivity contribution in [2.75, 3.05) is 7.05 Å². The Morgan fingerprint density at radius 2 is 2.37 bits per heavy atom. The third-order valence-corrected chi connectivity index (χ3v) is 3.80. The number of carboxylic acids is 1. The van der Waals surface area contributed by atoms with Crippen molar-refractivity contribution in [2.45, 2.75) is 6.54 Å². The normalized spacial score (nSPS) is 11.5. The van der Waals surface area contributed by atoms with Gasteiger partial charge in [-0.15, -0.1) is 0 Å². The number of aromatic nitrogens is 3. The highest BCUT2D eigenvalue weighted by Gasteiger charge is 2.14. The molecule has 0 saturated heterocycles. The summed E-state index contributed by atoms with van der Waals surface area (Å²) < 4.78 is 2.82. The van der Waals surface area contributed by atoms with Gasteiger partial charge in [-0.05, 0) is 41.2 Å².